The van der Waals surface area contributed by atoms with Crippen molar-refractivity contribution in [1.82, 2.24) is 9.88 Å². The van der Waals surface area contributed by atoms with Gasteiger partial charge in [0.2, 0.25) is 0 Å². The molecule has 3 nitrogen and oxygen atoms in total. The first-order valence-electron chi connectivity index (χ1n) is 8.89. The summed E-state index contributed by atoms with van der Waals surface area (Å²) in [7, 11) is 0. The van der Waals surface area contributed by atoms with Gasteiger partial charge in [-0.3, -0.25) is 4.90 Å². The van der Waals surface area contributed by atoms with Gasteiger partial charge in [0.25, 0.3) is 0 Å². The molecule has 1 aliphatic heterocycles. The van der Waals surface area contributed by atoms with E-state index < -0.39 is 0 Å². The van der Waals surface area contributed by atoms with Crippen molar-refractivity contribution in [2.45, 2.75) is 50.7 Å². The Balaban J connectivity index is 1.43. The molecule has 1 saturated carbocycles. The van der Waals surface area contributed by atoms with E-state index in [-0.39, 0.29) is 0 Å². The van der Waals surface area contributed by atoms with E-state index in [0.717, 1.165) is 12.4 Å². The van der Waals surface area contributed by atoms with Gasteiger partial charge in [-0.05, 0) is 55.8 Å². The third kappa shape index (κ3) is 3.40. The van der Waals surface area contributed by atoms with E-state index >= 15 is 0 Å². The Morgan fingerprint density at radius 1 is 1.00 bits per heavy atom. The molecule has 1 aliphatic carbocycles. The normalized spacial score (nSPS) is 22.0. The molecule has 23 heavy (non-hydrogen) atoms. The number of anilines is 1. The van der Waals surface area contributed by atoms with Crippen LogP contribution in [0.1, 0.15) is 49.3 Å². The van der Waals surface area contributed by atoms with Crippen LogP contribution in [0.15, 0.2) is 48.7 Å². The topological polar surface area (TPSA) is 28.2 Å². The van der Waals surface area contributed by atoms with Gasteiger partial charge < -0.3 is 5.32 Å². The molecule has 1 N–H and O–H groups in total. The number of rotatable bonds is 5. The van der Waals surface area contributed by atoms with Gasteiger partial charge >= 0.3 is 0 Å². The molecule has 1 aromatic carbocycles. The number of pyridine rings is 1. The fourth-order valence-electron chi connectivity index (χ4n) is 3.66. The Bertz CT molecular complexity index is 619. The van der Waals surface area contributed by atoms with Crippen LogP contribution in [0.4, 0.5) is 5.82 Å². The van der Waals surface area contributed by atoms with Crippen molar-refractivity contribution in [2.75, 3.05) is 11.9 Å². The first-order valence-corrected chi connectivity index (χ1v) is 8.89. The van der Waals surface area contributed by atoms with Crippen LogP contribution in [-0.4, -0.2) is 22.5 Å². The maximum atomic E-state index is 4.65. The minimum absolute atomic E-state index is 0.514. The standard InChI is InChI=1S/C20H25N3/c1-2-6-16(7-3-1)15-23-13-5-10-19(23)17-11-12-20(21-14-17)22-18-8-4-9-18/h1-3,6-7,11-12,14,18-19H,4-5,8-10,13,15H2,(H,21,22)/t19-/m0/s1. The van der Waals surface area contributed by atoms with Gasteiger partial charge in [-0.15, -0.1) is 0 Å². The first kappa shape index (κ1) is 14.7. The van der Waals surface area contributed by atoms with Gasteiger partial charge in [0, 0.05) is 24.8 Å². The predicted molar refractivity (Wildman–Crippen MR) is 94.3 cm³/mol. The van der Waals surface area contributed by atoms with Gasteiger partial charge in [0.1, 0.15) is 5.82 Å². The average Bonchev–Trinajstić information content (AvgIpc) is 3.01. The van der Waals surface area contributed by atoms with E-state index in [1.807, 2.05) is 0 Å². The molecular formula is C20H25N3. The minimum Gasteiger partial charge on any atom is -0.367 e. The highest BCUT2D eigenvalue weighted by Gasteiger charge is 2.26. The van der Waals surface area contributed by atoms with Crippen LogP contribution in [0.2, 0.25) is 0 Å². The van der Waals surface area contributed by atoms with E-state index in [4.69, 9.17) is 0 Å². The van der Waals surface area contributed by atoms with Gasteiger partial charge in [-0.2, -0.15) is 0 Å². The number of likely N-dealkylation sites (tertiary alicyclic amines) is 1. The lowest BCUT2D eigenvalue weighted by molar-refractivity contribution is 0.248. The number of nitrogens with zero attached hydrogens (tertiary/aromatic N) is 2. The number of nitrogens with one attached hydrogen (secondary N) is 1. The zero-order chi connectivity index (χ0) is 15.5. The molecule has 0 bridgehead atoms. The quantitative estimate of drug-likeness (QED) is 0.888. The number of aromatic nitrogens is 1. The summed E-state index contributed by atoms with van der Waals surface area (Å²) in [5, 5.41) is 3.52. The molecule has 1 saturated heterocycles. The summed E-state index contributed by atoms with van der Waals surface area (Å²) < 4.78 is 0. The molecular weight excluding hydrogens is 282 g/mol. The van der Waals surface area contributed by atoms with Gasteiger partial charge in [0.05, 0.1) is 0 Å². The summed E-state index contributed by atoms with van der Waals surface area (Å²) >= 11 is 0. The fourth-order valence-corrected chi connectivity index (χ4v) is 3.66. The van der Waals surface area contributed by atoms with E-state index in [9.17, 15) is 0 Å². The van der Waals surface area contributed by atoms with Crippen molar-refractivity contribution in [3.8, 4) is 0 Å². The summed E-state index contributed by atoms with van der Waals surface area (Å²) in [6, 6.07) is 16.4. The Hall–Kier alpha value is -1.87. The van der Waals surface area contributed by atoms with Crippen LogP contribution in [0.3, 0.4) is 0 Å². The average molecular weight is 307 g/mol. The lowest BCUT2D eigenvalue weighted by Gasteiger charge is -2.27. The molecule has 2 aliphatic rings. The largest absolute Gasteiger partial charge is 0.367 e. The van der Waals surface area contributed by atoms with E-state index in [1.165, 1.54) is 49.8 Å². The third-order valence-corrected chi connectivity index (χ3v) is 5.22. The molecule has 0 unspecified atom stereocenters. The zero-order valence-electron chi connectivity index (χ0n) is 13.6. The Kier molecular flexibility index (Phi) is 4.29. The molecule has 1 atom stereocenters. The molecule has 1 aromatic heterocycles. The second kappa shape index (κ2) is 6.71. The molecule has 2 fully saturated rings. The summed E-state index contributed by atoms with van der Waals surface area (Å²) in [6.45, 7) is 2.22. The lowest BCUT2D eigenvalue weighted by Crippen LogP contribution is -2.27. The zero-order valence-corrected chi connectivity index (χ0v) is 13.6. The van der Waals surface area contributed by atoms with E-state index in [2.05, 4.69) is 63.9 Å². The summed E-state index contributed by atoms with van der Waals surface area (Å²) in [4.78, 5) is 7.24. The maximum Gasteiger partial charge on any atom is 0.126 e. The van der Waals surface area contributed by atoms with E-state index in [1.54, 1.807) is 0 Å². The predicted octanol–water partition coefficient (Wildman–Crippen LogP) is 4.38. The molecule has 2 aromatic rings. The summed E-state index contributed by atoms with van der Waals surface area (Å²) in [5.41, 5.74) is 2.76. The number of benzene rings is 1. The van der Waals surface area contributed by atoms with Gasteiger partial charge in [-0.1, -0.05) is 36.4 Å². The third-order valence-electron chi connectivity index (χ3n) is 5.22. The Labute approximate surface area is 138 Å². The Morgan fingerprint density at radius 2 is 1.87 bits per heavy atom. The fraction of sp³-hybridized carbons (Fsp3) is 0.450. The smallest absolute Gasteiger partial charge is 0.126 e. The molecule has 0 spiro atoms. The van der Waals surface area contributed by atoms with Crippen molar-refractivity contribution in [3.05, 3.63) is 59.8 Å². The molecule has 0 radical (unpaired) electrons. The van der Waals surface area contributed by atoms with Crippen molar-refractivity contribution in [3.63, 3.8) is 0 Å². The van der Waals surface area contributed by atoms with Crippen LogP contribution < -0.4 is 5.32 Å². The molecule has 0 amide bonds. The van der Waals surface area contributed by atoms with E-state index in [0.29, 0.717) is 12.1 Å². The highest BCUT2D eigenvalue weighted by molar-refractivity contribution is 5.38. The molecule has 2 heterocycles. The highest BCUT2D eigenvalue weighted by atomic mass is 15.2. The van der Waals surface area contributed by atoms with Crippen LogP contribution in [0.5, 0.6) is 0 Å². The van der Waals surface area contributed by atoms with Crippen LogP contribution in [-0.2, 0) is 6.54 Å². The second-order valence-corrected chi connectivity index (χ2v) is 6.86. The van der Waals surface area contributed by atoms with Crippen molar-refractivity contribution in [1.29, 1.82) is 0 Å². The first-order chi connectivity index (χ1) is 11.4. The Morgan fingerprint density at radius 3 is 2.57 bits per heavy atom. The lowest BCUT2D eigenvalue weighted by atomic mass is 9.93. The van der Waals surface area contributed by atoms with Gasteiger partial charge in [0.15, 0.2) is 0 Å². The highest BCUT2D eigenvalue weighted by Crippen LogP contribution is 2.33. The summed E-state index contributed by atoms with van der Waals surface area (Å²) in [5.74, 6) is 1.03. The van der Waals surface area contributed by atoms with Crippen LogP contribution in [0, 0.1) is 0 Å². The SMILES string of the molecule is c1ccc(CN2CCC[C@H]2c2ccc(NC3CCC3)nc2)cc1. The van der Waals surface area contributed by atoms with Crippen molar-refractivity contribution < 1.29 is 0 Å². The molecule has 4 rings (SSSR count). The monoisotopic (exact) mass is 307 g/mol. The molecule has 120 valence electrons. The maximum absolute atomic E-state index is 4.65. The summed E-state index contributed by atoms with van der Waals surface area (Å²) in [6.07, 6.45) is 8.53. The number of hydrogen-bond acceptors (Lipinski definition) is 3. The van der Waals surface area contributed by atoms with Crippen molar-refractivity contribution in [2.24, 2.45) is 0 Å². The molecule has 3 heteroatoms. The number of hydrogen-bond donors (Lipinski definition) is 1. The van der Waals surface area contributed by atoms with Crippen LogP contribution >= 0.6 is 0 Å². The second-order valence-electron chi connectivity index (χ2n) is 6.86. The van der Waals surface area contributed by atoms with Crippen LogP contribution in [0.25, 0.3) is 0 Å². The minimum atomic E-state index is 0.514. The van der Waals surface area contributed by atoms with Crippen molar-refractivity contribution >= 4 is 5.82 Å². The van der Waals surface area contributed by atoms with Gasteiger partial charge in [-0.25, -0.2) is 4.98 Å².